The molecule has 0 fully saturated rings. The molecule has 0 atom stereocenters. The molecule has 1 heterocycles. The molecule has 1 aliphatic heterocycles. The lowest BCUT2D eigenvalue weighted by molar-refractivity contribution is -0.137. The van der Waals surface area contributed by atoms with Gasteiger partial charge in [-0.25, -0.2) is 0 Å². The van der Waals surface area contributed by atoms with E-state index in [2.05, 4.69) is 0 Å². The first-order chi connectivity index (χ1) is 10.4. The average Bonchev–Trinajstić information content (AvgIpc) is 2.73. The van der Waals surface area contributed by atoms with Gasteiger partial charge in [-0.1, -0.05) is 30.3 Å². The van der Waals surface area contributed by atoms with E-state index in [1.54, 1.807) is 13.1 Å². The summed E-state index contributed by atoms with van der Waals surface area (Å²) in [6.45, 7) is 0. The van der Waals surface area contributed by atoms with E-state index >= 15 is 0 Å². The molecule has 3 rings (SSSR count). The van der Waals surface area contributed by atoms with Gasteiger partial charge in [-0.05, 0) is 29.8 Å². The molecule has 0 unspecified atom stereocenters. The molecule has 2 aromatic rings. The Balaban J connectivity index is 2.01. The number of benzene rings is 2. The maximum Gasteiger partial charge on any atom is 0.416 e. The first kappa shape index (κ1) is 14.4. The third kappa shape index (κ3) is 2.39. The fourth-order valence-electron chi connectivity index (χ4n) is 2.47. The minimum Gasteiger partial charge on any atom is -0.311 e. The normalized spacial score (nSPS) is 16.3. The highest BCUT2D eigenvalue weighted by atomic mass is 19.4. The van der Waals surface area contributed by atoms with E-state index < -0.39 is 11.7 Å². The van der Waals surface area contributed by atoms with Gasteiger partial charge in [0.05, 0.1) is 11.3 Å². The number of amides is 1. The average molecular weight is 303 g/mol. The van der Waals surface area contributed by atoms with E-state index in [1.807, 2.05) is 24.3 Å². The van der Waals surface area contributed by atoms with Gasteiger partial charge in [0, 0.05) is 18.2 Å². The van der Waals surface area contributed by atoms with E-state index in [0.717, 1.165) is 23.4 Å². The van der Waals surface area contributed by atoms with Gasteiger partial charge in [0.2, 0.25) is 0 Å². The number of hydrogen-bond donors (Lipinski definition) is 0. The number of rotatable bonds is 1. The quantitative estimate of drug-likeness (QED) is 0.722. The summed E-state index contributed by atoms with van der Waals surface area (Å²) >= 11 is 0. The lowest BCUT2D eigenvalue weighted by atomic mass is 10.0. The molecule has 0 saturated carbocycles. The van der Waals surface area contributed by atoms with E-state index in [0.29, 0.717) is 11.1 Å². The second-order valence-corrected chi connectivity index (χ2v) is 5.06. The minimum absolute atomic E-state index is 0.166. The third-order valence-corrected chi connectivity index (χ3v) is 3.64. The standard InChI is InChI=1S/C17H12F3NO/c1-21-15-5-3-2-4-13(15)14(16(21)22)10-11-6-8-12(9-7-11)17(18,19)20/h2-10H,1H3. The van der Waals surface area contributed by atoms with Crippen molar-refractivity contribution in [3.05, 3.63) is 65.2 Å². The topological polar surface area (TPSA) is 20.3 Å². The zero-order chi connectivity index (χ0) is 15.9. The molecule has 0 aromatic heterocycles. The number of carbonyl (C=O) groups is 1. The van der Waals surface area contributed by atoms with Crippen LogP contribution in [0.15, 0.2) is 48.5 Å². The fourth-order valence-corrected chi connectivity index (χ4v) is 2.47. The molecule has 0 radical (unpaired) electrons. The molecule has 5 heteroatoms. The van der Waals surface area contributed by atoms with E-state index in [9.17, 15) is 18.0 Å². The first-order valence-electron chi connectivity index (χ1n) is 6.64. The Morgan fingerprint density at radius 1 is 1.00 bits per heavy atom. The molecule has 0 saturated heterocycles. The predicted octanol–water partition coefficient (Wildman–Crippen LogP) is 4.22. The first-order valence-corrected chi connectivity index (χ1v) is 6.64. The van der Waals surface area contributed by atoms with Gasteiger partial charge in [0.15, 0.2) is 0 Å². The van der Waals surface area contributed by atoms with Crippen LogP contribution in [0, 0.1) is 0 Å². The molecule has 0 aliphatic carbocycles. The van der Waals surface area contributed by atoms with Gasteiger partial charge in [0.1, 0.15) is 0 Å². The minimum atomic E-state index is -4.36. The smallest absolute Gasteiger partial charge is 0.311 e. The Labute approximate surface area is 125 Å². The van der Waals surface area contributed by atoms with Gasteiger partial charge in [-0.2, -0.15) is 13.2 Å². The number of likely N-dealkylation sites (N-methyl/N-ethyl adjacent to an activating group) is 1. The van der Waals surface area contributed by atoms with Crippen molar-refractivity contribution in [2.75, 3.05) is 11.9 Å². The Kier molecular flexibility index (Phi) is 3.28. The summed E-state index contributed by atoms with van der Waals surface area (Å²) in [6, 6.07) is 12.1. The number of carbonyl (C=O) groups excluding carboxylic acids is 1. The van der Waals surface area contributed by atoms with E-state index in [4.69, 9.17) is 0 Å². The number of para-hydroxylation sites is 1. The molecule has 0 bridgehead atoms. The van der Waals surface area contributed by atoms with Gasteiger partial charge in [-0.3, -0.25) is 4.79 Å². The van der Waals surface area contributed by atoms with Crippen LogP contribution in [-0.2, 0) is 11.0 Å². The summed E-state index contributed by atoms with van der Waals surface area (Å²) in [5, 5.41) is 0. The molecule has 22 heavy (non-hydrogen) atoms. The van der Waals surface area contributed by atoms with Gasteiger partial charge >= 0.3 is 6.18 Å². The van der Waals surface area contributed by atoms with Crippen molar-refractivity contribution >= 4 is 23.2 Å². The summed E-state index contributed by atoms with van der Waals surface area (Å²) < 4.78 is 37.7. The number of fused-ring (bicyclic) bond motifs is 1. The second kappa shape index (κ2) is 5.02. The van der Waals surface area contributed by atoms with E-state index in [-0.39, 0.29) is 5.91 Å². The van der Waals surface area contributed by atoms with Crippen molar-refractivity contribution in [1.29, 1.82) is 0 Å². The van der Waals surface area contributed by atoms with Crippen LogP contribution in [0.2, 0.25) is 0 Å². The fraction of sp³-hybridized carbons (Fsp3) is 0.118. The Hall–Kier alpha value is -2.56. The van der Waals surface area contributed by atoms with Gasteiger partial charge in [-0.15, -0.1) is 0 Å². The molecule has 112 valence electrons. The molecule has 1 aliphatic rings. The van der Waals surface area contributed by atoms with Crippen LogP contribution in [0.1, 0.15) is 16.7 Å². The Morgan fingerprint density at radius 2 is 1.64 bits per heavy atom. The van der Waals surface area contributed by atoms with Crippen LogP contribution >= 0.6 is 0 Å². The zero-order valence-electron chi connectivity index (χ0n) is 11.7. The van der Waals surface area contributed by atoms with Crippen molar-refractivity contribution in [3.63, 3.8) is 0 Å². The summed E-state index contributed by atoms with van der Waals surface area (Å²) in [6.07, 6.45) is -2.74. The summed E-state index contributed by atoms with van der Waals surface area (Å²) in [5.41, 5.74) is 1.92. The second-order valence-electron chi connectivity index (χ2n) is 5.06. The molecular formula is C17H12F3NO. The highest BCUT2D eigenvalue weighted by Gasteiger charge is 2.31. The molecule has 0 N–H and O–H groups in total. The van der Waals surface area contributed by atoms with Crippen molar-refractivity contribution in [1.82, 2.24) is 0 Å². The highest BCUT2D eigenvalue weighted by molar-refractivity contribution is 6.35. The van der Waals surface area contributed by atoms with Gasteiger partial charge in [0.25, 0.3) is 5.91 Å². The Morgan fingerprint density at radius 3 is 2.27 bits per heavy atom. The number of hydrogen-bond acceptors (Lipinski definition) is 1. The lowest BCUT2D eigenvalue weighted by Gasteiger charge is -2.08. The molecule has 0 spiro atoms. The number of nitrogens with zero attached hydrogens (tertiary/aromatic N) is 1. The largest absolute Gasteiger partial charge is 0.416 e. The molecular weight excluding hydrogens is 291 g/mol. The number of halogens is 3. The third-order valence-electron chi connectivity index (χ3n) is 3.64. The molecule has 2 aromatic carbocycles. The van der Waals surface area contributed by atoms with Crippen LogP contribution in [0.3, 0.4) is 0 Å². The van der Waals surface area contributed by atoms with Crippen molar-refractivity contribution in [2.45, 2.75) is 6.18 Å². The zero-order valence-corrected chi connectivity index (χ0v) is 11.7. The van der Waals surface area contributed by atoms with Crippen molar-refractivity contribution in [3.8, 4) is 0 Å². The monoisotopic (exact) mass is 303 g/mol. The highest BCUT2D eigenvalue weighted by Crippen LogP contribution is 2.36. The summed E-state index contributed by atoms with van der Waals surface area (Å²) in [5.74, 6) is -0.166. The molecule has 2 nitrogen and oxygen atoms in total. The SMILES string of the molecule is CN1C(=O)C(=Cc2ccc(C(F)(F)F)cc2)c2ccccc21. The van der Waals surface area contributed by atoms with E-state index in [1.165, 1.54) is 17.0 Å². The number of alkyl halides is 3. The summed E-state index contributed by atoms with van der Waals surface area (Å²) in [7, 11) is 1.68. The van der Waals surface area contributed by atoms with Gasteiger partial charge < -0.3 is 4.90 Å². The Bertz CT molecular complexity index is 760. The van der Waals surface area contributed by atoms with Crippen LogP contribution in [-0.4, -0.2) is 13.0 Å². The number of anilines is 1. The van der Waals surface area contributed by atoms with Crippen LogP contribution < -0.4 is 4.90 Å². The maximum atomic E-state index is 12.6. The predicted molar refractivity (Wildman–Crippen MR) is 79.2 cm³/mol. The lowest BCUT2D eigenvalue weighted by Crippen LogP contribution is -2.20. The van der Waals surface area contributed by atoms with Crippen LogP contribution in [0.5, 0.6) is 0 Å². The van der Waals surface area contributed by atoms with Crippen molar-refractivity contribution in [2.24, 2.45) is 0 Å². The van der Waals surface area contributed by atoms with Crippen LogP contribution in [0.25, 0.3) is 11.6 Å². The maximum absolute atomic E-state index is 12.6. The molecule has 1 amide bonds. The van der Waals surface area contributed by atoms with Crippen LogP contribution in [0.4, 0.5) is 18.9 Å². The van der Waals surface area contributed by atoms with Crippen molar-refractivity contribution < 1.29 is 18.0 Å². The summed E-state index contributed by atoms with van der Waals surface area (Å²) in [4.78, 5) is 13.8.